The first-order valence-corrected chi connectivity index (χ1v) is 8.58. The van der Waals surface area contributed by atoms with E-state index < -0.39 is 0 Å². The smallest absolute Gasteiger partial charge is 0.0571 e. The second kappa shape index (κ2) is 6.84. The molecule has 0 spiro atoms. The van der Waals surface area contributed by atoms with E-state index in [1.807, 2.05) is 6.20 Å². The summed E-state index contributed by atoms with van der Waals surface area (Å²) < 4.78 is 0. The molecule has 1 unspecified atom stereocenters. The molecular weight excluding hydrogens is 272 g/mol. The molecular formula is C19H28N2O. The predicted octanol–water partition coefficient (Wildman–Crippen LogP) is 3.79. The number of aliphatic hydroxyl groups excluding tert-OH is 1. The summed E-state index contributed by atoms with van der Waals surface area (Å²) in [5.74, 6) is 1.08. The summed E-state index contributed by atoms with van der Waals surface area (Å²) in [6, 6.07) is 8.81. The highest BCUT2D eigenvalue weighted by molar-refractivity contribution is 5.79. The highest BCUT2D eigenvalue weighted by Crippen LogP contribution is 2.25. The van der Waals surface area contributed by atoms with Gasteiger partial charge in [0.1, 0.15) is 0 Å². The molecule has 3 nitrogen and oxygen atoms in total. The lowest BCUT2D eigenvalue weighted by molar-refractivity contribution is 0.0436. The van der Waals surface area contributed by atoms with Gasteiger partial charge in [-0.05, 0) is 73.3 Å². The number of likely N-dealkylation sites (tertiary alicyclic amines) is 1. The van der Waals surface area contributed by atoms with Crippen molar-refractivity contribution >= 4 is 10.9 Å². The molecule has 1 fully saturated rings. The molecule has 2 heterocycles. The number of piperidine rings is 1. The SMILES string of the molecule is CC(C)CC(O)C1CCN(Cc2ccc3[nH]ccc3c2)CC1. The fourth-order valence-corrected chi connectivity index (χ4v) is 3.63. The Labute approximate surface area is 133 Å². The molecule has 1 aromatic heterocycles. The van der Waals surface area contributed by atoms with E-state index in [-0.39, 0.29) is 6.10 Å². The van der Waals surface area contributed by atoms with E-state index in [2.05, 4.69) is 48.0 Å². The first kappa shape index (κ1) is 15.6. The van der Waals surface area contributed by atoms with Crippen molar-refractivity contribution in [2.45, 2.75) is 45.8 Å². The number of fused-ring (bicyclic) bond motifs is 1. The van der Waals surface area contributed by atoms with Crippen LogP contribution in [0.5, 0.6) is 0 Å². The molecule has 2 aromatic rings. The van der Waals surface area contributed by atoms with Crippen LogP contribution in [-0.2, 0) is 6.54 Å². The van der Waals surface area contributed by atoms with Crippen LogP contribution in [-0.4, -0.2) is 34.2 Å². The van der Waals surface area contributed by atoms with Crippen LogP contribution in [0.15, 0.2) is 30.5 Å². The van der Waals surface area contributed by atoms with Crippen molar-refractivity contribution < 1.29 is 5.11 Å². The molecule has 3 rings (SSSR count). The Hall–Kier alpha value is -1.32. The number of nitrogens with one attached hydrogen (secondary N) is 1. The van der Waals surface area contributed by atoms with Crippen molar-refractivity contribution in [2.75, 3.05) is 13.1 Å². The van der Waals surface area contributed by atoms with Crippen LogP contribution in [0, 0.1) is 11.8 Å². The zero-order valence-corrected chi connectivity index (χ0v) is 13.8. The summed E-state index contributed by atoms with van der Waals surface area (Å²) in [5.41, 5.74) is 2.59. The molecule has 1 aliphatic rings. The molecule has 1 aromatic carbocycles. The van der Waals surface area contributed by atoms with Crippen molar-refractivity contribution in [3.05, 3.63) is 36.0 Å². The second-order valence-corrected chi connectivity index (χ2v) is 7.21. The number of rotatable bonds is 5. The molecule has 120 valence electrons. The summed E-state index contributed by atoms with van der Waals surface area (Å²) in [5, 5.41) is 11.6. The Balaban J connectivity index is 1.53. The number of hydrogen-bond donors (Lipinski definition) is 2. The van der Waals surface area contributed by atoms with E-state index in [1.165, 1.54) is 16.5 Å². The monoisotopic (exact) mass is 300 g/mol. The number of nitrogens with zero attached hydrogens (tertiary/aromatic N) is 1. The number of aromatic nitrogens is 1. The maximum absolute atomic E-state index is 10.3. The van der Waals surface area contributed by atoms with Gasteiger partial charge in [-0.3, -0.25) is 4.90 Å². The molecule has 0 saturated carbocycles. The molecule has 0 aliphatic carbocycles. The lowest BCUT2D eigenvalue weighted by Gasteiger charge is -2.34. The predicted molar refractivity (Wildman–Crippen MR) is 91.8 cm³/mol. The van der Waals surface area contributed by atoms with Gasteiger partial charge in [0.05, 0.1) is 6.10 Å². The molecule has 2 N–H and O–H groups in total. The molecule has 0 amide bonds. The summed E-state index contributed by atoms with van der Waals surface area (Å²) >= 11 is 0. The number of H-pyrrole nitrogens is 1. The molecule has 3 heteroatoms. The summed E-state index contributed by atoms with van der Waals surface area (Å²) in [7, 11) is 0. The minimum absolute atomic E-state index is 0.113. The first-order chi connectivity index (χ1) is 10.6. The fraction of sp³-hybridized carbons (Fsp3) is 0.579. The van der Waals surface area contributed by atoms with Crippen LogP contribution in [0.1, 0.15) is 38.7 Å². The van der Waals surface area contributed by atoms with E-state index in [9.17, 15) is 5.11 Å². The van der Waals surface area contributed by atoms with E-state index in [1.54, 1.807) is 0 Å². The third-order valence-corrected chi connectivity index (χ3v) is 4.91. The van der Waals surface area contributed by atoms with Crippen molar-refractivity contribution in [3.63, 3.8) is 0 Å². The summed E-state index contributed by atoms with van der Waals surface area (Å²) in [4.78, 5) is 5.76. The Morgan fingerprint density at radius 3 is 2.73 bits per heavy atom. The quantitative estimate of drug-likeness (QED) is 0.882. The van der Waals surface area contributed by atoms with Gasteiger partial charge >= 0.3 is 0 Å². The van der Waals surface area contributed by atoms with Gasteiger partial charge in [-0.1, -0.05) is 19.9 Å². The largest absolute Gasteiger partial charge is 0.393 e. The van der Waals surface area contributed by atoms with Crippen molar-refractivity contribution in [2.24, 2.45) is 11.8 Å². The number of aromatic amines is 1. The van der Waals surface area contributed by atoms with E-state index in [0.717, 1.165) is 38.9 Å². The van der Waals surface area contributed by atoms with Gasteiger partial charge in [-0.15, -0.1) is 0 Å². The van der Waals surface area contributed by atoms with Gasteiger partial charge in [0.25, 0.3) is 0 Å². The molecule has 1 atom stereocenters. The van der Waals surface area contributed by atoms with Crippen molar-refractivity contribution in [3.8, 4) is 0 Å². The van der Waals surface area contributed by atoms with Gasteiger partial charge in [0.2, 0.25) is 0 Å². The number of benzene rings is 1. The van der Waals surface area contributed by atoms with E-state index >= 15 is 0 Å². The Kier molecular flexibility index (Phi) is 4.84. The zero-order chi connectivity index (χ0) is 15.5. The molecule has 0 bridgehead atoms. The van der Waals surface area contributed by atoms with E-state index in [0.29, 0.717) is 11.8 Å². The minimum atomic E-state index is -0.113. The molecule has 22 heavy (non-hydrogen) atoms. The van der Waals surface area contributed by atoms with Gasteiger partial charge < -0.3 is 10.1 Å². The normalized spacial score (nSPS) is 19.1. The Bertz CT molecular complexity index is 596. The third kappa shape index (κ3) is 3.71. The molecule has 1 saturated heterocycles. The zero-order valence-electron chi connectivity index (χ0n) is 13.8. The number of hydrogen-bond acceptors (Lipinski definition) is 2. The Morgan fingerprint density at radius 1 is 1.23 bits per heavy atom. The highest BCUT2D eigenvalue weighted by Gasteiger charge is 2.25. The average molecular weight is 300 g/mol. The topological polar surface area (TPSA) is 39.3 Å². The lowest BCUT2D eigenvalue weighted by atomic mass is 9.87. The lowest BCUT2D eigenvalue weighted by Crippen LogP contribution is -2.37. The standard InChI is InChI=1S/C19H28N2O/c1-14(2)11-19(22)16-6-9-21(10-7-16)13-15-3-4-18-17(12-15)5-8-20-18/h3-5,8,12,14,16,19-20,22H,6-7,9-11,13H2,1-2H3. The van der Waals surface area contributed by atoms with Gasteiger partial charge in [-0.2, -0.15) is 0 Å². The van der Waals surface area contributed by atoms with Crippen LogP contribution in [0.25, 0.3) is 10.9 Å². The maximum atomic E-state index is 10.3. The highest BCUT2D eigenvalue weighted by atomic mass is 16.3. The fourth-order valence-electron chi connectivity index (χ4n) is 3.63. The summed E-state index contributed by atoms with van der Waals surface area (Å²) in [6.45, 7) is 7.61. The van der Waals surface area contributed by atoms with Gasteiger partial charge in [0.15, 0.2) is 0 Å². The van der Waals surface area contributed by atoms with Crippen molar-refractivity contribution in [1.82, 2.24) is 9.88 Å². The Morgan fingerprint density at radius 2 is 2.00 bits per heavy atom. The van der Waals surface area contributed by atoms with Crippen LogP contribution < -0.4 is 0 Å². The van der Waals surface area contributed by atoms with Crippen molar-refractivity contribution in [1.29, 1.82) is 0 Å². The van der Waals surface area contributed by atoms with E-state index in [4.69, 9.17) is 0 Å². The summed E-state index contributed by atoms with van der Waals surface area (Å²) in [6.07, 6.45) is 5.07. The molecule has 0 radical (unpaired) electrons. The number of aliphatic hydroxyl groups is 1. The van der Waals surface area contributed by atoms with Crippen LogP contribution in [0.2, 0.25) is 0 Å². The molecule has 1 aliphatic heterocycles. The second-order valence-electron chi connectivity index (χ2n) is 7.21. The van der Waals surface area contributed by atoms with Crippen LogP contribution in [0.3, 0.4) is 0 Å². The first-order valence-electron chi connectivity index (χ1n) is 8.58. The van der Waals surface area contributed by atoms with Gasteiger partial charge in [-0.25, -0.2) is 0 Å². The van der Waals surface area contributed by atoms with Gasteiger partial charge in [0, 0.05) is 18.3 Å². The van der Waals surface area contributed by atoms with Crippen LogP contribution >= 0.6 is 0 Å². The minimum Gasteiger partial charge on any atom is -0.393 e. The van der Waals surface area contributed by atoms with Crippen LogP contribution in [0.4, 0.5) is 0 Å². The third-order valence-electron chi connectivity index (χ3n) is 4.91. The average Bonchev–Trinajstić information content (AvgIpc) is 2.95. The maximum Gasteiger partial charge on any atom is 0.0571 e.